The Morgan fingerprint density at radius 1 is 0.696 bits per heavy atom. The van der Waals surface area contributed by atoms with E-state index in [9.17, 15) is 23.2 Å². The molecule has 3 N–H and O–H groups in total. The lowest BCUT2D eigenvalue weighted by molar-refractivity contribution is -0.142. The van der Waals surface area contributed by atoms with E-state index in [-0.39, 0.29) is 49.2 Å². The lowest BCUT2D eigenvalue weighted by atomic mass is 9.99. The molecule has 0 fully saturated rings. The number of rotatable bonds is 16. The maximum absolute atomic E-state index is 13.2. The third-order valence-corrected chi connectivity index (χ3v) is 8.94. The van der Waals surface area contributed by atoms with Crippen molar-refractivity contribution in [2.45, 2.75) is 44.7 Å². The van der Waals surface area contributed by atoms with Gasteiger partial charge in [-0.25, -0.2) is 8.78 Å². The number of nitrogens with two attached hydrogens (primary N) is 1. The summed E-state index contributed by atoms with van der Waals surface area (Å²) in [7, 11) is 3.59. The molecule has 0 unspecified atom stereocenters. The van der Waals surface area contributed by atoms with E-state index < -0.39 is 18.1 Å². The molecule has 0 spiro atoms. The Morgan fingerprint density at radius 2 is 1.14 bits per heavy atom. The van der Waals surface area contributed by atoms with Crippen LogP contribution in [0.25, 0.3) is 22.5 Å². The Morgan fingerprint density at radius 3 is 1.61 bits per heavy atom. The molecule has 2 atom stereocenters. The number of aryl methyl sites for hydroxylation is 2. The number of esters is 1. The molecule has 0 saturated heterocycles. The van der Waals surface area contributed by atoms with Crippen molar-refractivity contribution in [3.05, 3.63) is 144 Å². The molecule has 290 valence electrons. The minimum atomic E-state index is -0.635. The molecule has 6 aromatic rings. The topological polar surface area (TPSA) is 160 Å². The SMILES string of the molecule is CCOC(=O)CN[C@@H](Cc1ccc(F)cc1)C(=O)Cc1cc(-c2ccncc2)nn1C.Cn1nc(-c2ccncc2)cc1CC(=O)[C@@H](N)Cc1ccc(F)cc1. The quantitative estimate of drug-likeness (QED) is 0.131. The van der Waals surface area contributed by atoms with E-state index in [1.54, 1.807) is 79.4 Å². The second kappa shape index (κ2) is 19.9. The largest absolute Gasteiger partial charge is 0.465 e. The maximum atomic E-state index is 13.2. The van der Waals surface area contributed by atoms with Gasteiger partial charge in [-0.3, -0.25) is 39.0 Å². The number of halogens is 2. The minimum Gasteiger partial charge on any atom is -0.465 e. The summed E-state index contributed by atoms with van der Waals surface area (Å²) in [5, 5.41) is 11.9. The highest BCUT2D eigenvalue weighted by atomic mass is 19.1. The number of hydrogen-bond acceptors (Lipinski definition) is 10. The summed E-state index contributed by atoms with van der Waals surface area (Å²) in [6.07, 6.45) is 7.83. The maximum Gasteiger partial charge on any atom is 0.319 e. The van der Waals surface area contributed by atoms with E-state index in [4.69, 9.17) is 10.5 Å². The van der Waals surface area contributed by atoms with Crippen LogP contribution in [-0.4, -0.2) is 72.3 Å². The second-order valence-corrected chi connectivity index (χ2v) is 13.1. The van der Waals surface area contributed by atoms with Gasteiger partial charge in [0.05, 0.1) is 49.5 Å². The molecule has 0 aliphatic rings. The smallest absolute Gasteiger partial charge is 0.319 e. The van der Waals surface area contributed by atoms with Gasteiger partial charge in [0.2, 0.25) is 0 Å². The highest BCUT2D eigenvalue weighted by molar-refractivity contribution is 5.87. The molecule has 12 nitrogen and oxygen atoms in total. The van der Waals surface area contributed by atoms with Crippen LogP contribution in [0.3, 0.4) is 0 Å². The number of ketones is 2. The zero-order chi connectivity index (χ0) is 40.0. The van der Waals surface area contributed by atoms with E-state index in [0.29, 0.717) is 12.8 Å². The minimum absolute atomic E-state index is 0.0754. The van der Waals surface area contributed by atoms with Crippen molar-refractivity contribution in [3.63, 3.8) is 0 Å². The number of carbonyl (C=O) groups excluding carboxylic acids is 3. The summed E-state index contributed by atoms with van der Waals surface area (Å²) >= 11 is 0. The van der Waals surface area contributed by atoms with Crippen molar-refractivity contribution in [1.29, 1.82) is 0 Å². The van der Waals surface area contributed by atoms with Crippen LogP contribution in [0.1, 0.15) is 29.4 Å². The number of carbonyl (C=O) groups is 3. The molecule has 4 heterocycles. The highest BCUT2D eigenvalue weighted by Gasteiger charge is 2.22. The molecule has 2 aromatic carbocycles. The summed E-state index contributed by atoms with van der Waals surface area (Å²) in [6, 6.07) is 21.9. The van der Waals surface area contributed by atoms with Crippen LogP contribution >= 0.6 is 0 Å². The number of benzene rings is 2. The molecule has 6 rings (SSSR count). The number of nitrogens with one attached hydrogen (secondary N) is 1. The predicted molar refractivity (Wildman–Crippen MR) is 207 cm³/mol. The van der Waals surface area contributed by atoms with E-state index in [2.05, 4.69) is 25.5 Å². The first-order valence-electron chi connectivity index (χ1n) is 18.0. The highest BCUT2D eigenvalue weighted by Crippen LogP contribution is 2.20. The van der Waals surface area contributed by atoms with E-state index in [0.717, 1.165) is 45.0 Å². The van der Waals surface area contributed by atoms with Gasteiger partial charge in [0.15, 0.2) is 11.6 Å². The molecule has 56 heavy (non-hydrogen) atoms. The molecule has 0 aliphatic carbocycles. The summed E-state index contributed by atoms with van der Waals surface area (Å²) in [6.45, 7) is 1.91. The van der Waals surface area contributed by atoms with Crippen molar-refractivity contribution in [2.75, 3.05) is 13.2 Å². The van der Waals surface area contributed by atoms with Gasteiger partial charge in [0.1, 0.15) is 11.6 Å². The van der Waals surface area contributed by atoms with Gasteiger partial charge in [0.25, 0.3) is 0 Å². The number of pyridine rings is 2. The molecule has 0 aliphatic heterocycles. The van der Waals surface area contributed by atoms with E-state index >= 15 is 0 Å². The summed E-state index contributed by atoms with van der Waals surface area (Å²) in [5.41, 5.74) is 12.6. The van der Waals surface area contributed by atoms with Crippen LogP contribution in [-0.2, 0) is 58.9 Å². The van der Waals surface area contributed by atoms with Gasteiger partial charge in [-0.2, -0.15) is 10.2 Å². The third-order valence-electron chi connectivity index (χ3n) is 8.94. The second-order valence-electron chi connectivity index (χ2n) is 13.1. The standard InChI is InChI=1S/C23H25FN4O3.C19H19FN4O/c1-3-31-23(30)15-26-21(12-16-4-6-18(24)7-5-16)22(29)14-19-13-20(27-28(19)2)17-8-10-25-11-9-17;1-24-16(11-18(23-24)14-6-8-22-9-7-14)12-19(25)17(21)10-13-2-4-15(20)5-3-13/h4-11,13,21,26H,3,12,14-15H2,1-2H3;2-9,11,17H,10,12,21H2,1H3/t21-;17-/m00/s1. The fourth-order valence-electron chi connectivity index (χ4n) is 5.84. The molecule has 14 heteroatoms. The van der Waals surface area contributed by atoms with Crippen LogP contribution in [0.4, 0.5) is 8.78 Å². The summed E-state index contributed by atoms with van der Waals surface area (Å²) in [4.78, 5) is 45.3. The molecule has 0 saturated carbocycles. The predicted octanol–water partition coefficient (Wildman–Crippen LogP) is 4.80. The number of Topliss-reactive ketones (excluding diaryl/α,β-unsaturated/α-hetero) is 2. The summed E-state index contributed by atoms with van der Waals surface area (Å²) in [5.74, 6) is -1.25. The number of aromatic nitrogens is 6. The van der Waals surface area contributed by atoms with Crippen molar-refractivity contribution in [3.8, 4) is 22.5 Å². The van der Waals surface area contributed by atoms with Gasteiger partial charge < -0.3 is 10.5 Å². The Bertz CT molecular complexity index is 2190. The van der Waals surface area contributed by atoms with Gasteiger partial charge in [0, 0.05) is 61.4 Å². The fourth-order valence-corrected chi connectivity index (χ4v) is 5.84. The molecule has 0 amide bonds. The van der Waals surface area contributed by atoms with Crippen molar-refractivity contribution in [2.24, 2.45) is 19.8 Å². The molecular formula is C42H44F2N8O4. The lowest BCUT2D eigenvalue weighted by Gasteiger charge is -2.17. The monoisotopic (exact) mass is 762 g/mol. The average molecular weight is 763 g/mol. The fraction of sp³-hybridized carbons (Fsp3) is 0.262. The van der Waals surface area contributed by atoms with Crippen molar-refractivity contribution in [1.82, 2.24) is 34.8 Å². The third kappa shape index (κ3) is 11.9. The number of ether oxygens (including phenoxy) is 1. The molecular weight excluding hydrogens is 719 g/mol. The van der Waals surface area contributed by atoms with E-state index in [1.807, 2.05) is 36.4 Å². The van der Waals surface area contributed by atoms with Crippen LogP contribution in [0.2, 0.25) is 0 Å². The first kappa shape index (κ1) is 40.9. The van der Waals surface area contributed by atoms with Crippen LogP contribution in [0.15, 0.2) is 110 Å². The number of nitrogens with zero attached hydrogens (tertiary/aromatic N) is 6. The lowest BCUT2D eigenvalue weighted by Crippen LogP contribution is -2.42. The van der Waals surface area contributed by atoms with Gasteiger partial charge in [-0.05, 0) is 91.6 Å². The van der Waals surface area contributed by atoms with Crippen molar-refractivity contribution >= 4 is 17.5 Å². The molecule has 4 aromatic heterocycles. The van der Waals surface area contributed by atoms with E-state index in [1.165, 1.54) is 24.3 Å². The summed E-state index contributed by atoms with van der Waals surface area (Å²) < 4.78 is 34.5. The molecule has 0 bridgehead atoms. The van der Waals surface area contributed by atoms with Gasteiger partial charge in [-0.15, -0.1) is 0 Å². The van der Waals surface area contributed by atoms with Crippen molar-refractivity contribution < 1.29 is 27.9 Å². The Labute approximate surface area is 323 Å². The van der Waals surface area contributed by atoms with Gasteiger partial charge >= 0.3 is 5.97 Å². The normalized spacial score (nSPS) is 12.0. The van der Waals surface area contributed by atoms with Crippen LogP contribution in [0.5, 0.6) is 0 Å². The van der Waals surface area contributed by atoms with Crippen LogP contribution < -0.4 is 11.1 Å². The average Bonchev–Trinajstić information content (AvgIpc) is 3.76. The number of hydrogen-bond donors (Lipinski definition) is 2. The first-order valence-corrected chi connectivity index (χ1v) is 18.0. The van der Waals surface area contributed by atoms with Crippen LogP contribution in [0, 0.1) is 11.6 Å². The molecule has 0 radical (unpaired) electrons. The zero-order valence-electron chi connectivity index (χ0n) is 31.4. The van der Waals surface area contributed by atoms with Gasteiger partial charge in [-0.1, -0.05) is 24.3 Å². The first-order chi connectivity index (χ1) is 27.0. The zero-order valence-corrected chi connectivity index (χ0v) is 31.4. The Kier molecular flexibility index (Phi) is 14.5. The Balaban J connectivity index is 0.000000219. The Hall–Kier alpha value is -6.25.